The van der Waals surface area contributed by atoms with E-state index in [9.17, 15) is 31.5 Å². The van der Waals surface area contributed by atoms with Gasteiger partial charge in [0.1, 0.15) is 18.0 Å². The van der Waals surface area contributed by atoms with E-state index in [0.29, 0.717) is 5.56 Å². The van der Waals surface area contributed by atoms with Gasteiger partial charge in [-0.3, -0.25) is 4.72 Å². The molecule has 0 aliphatic carbocycles. The molecule has 0 aromatic heterocycles. The second kappa shape index (κ2) is 8.68. The maximum absolute atomic E-state index is 12.7. The highest BCUT2D eigenvalue weighted by Gasteiger charge is 2.30. The van der Waals surface area contributed by atoms with Gasteiger partial charge in [0.05, 0.1) is 16.0 Å². The van der Waals surface area contributed by atoms with E-state index < -0.39 is 27.7 Å². The van der Waals surface area contributed by atoms with Gasteiger partial charge in [-0.05, 0) is 42.0 Å². The predicted molar refractivity (Wildman–Crippen MR) is 106 cm³/mol. The SMILES string of the molecule is O=C(O)c1cccc(OCc2ccc(C(F)(F)F)cc2)c1NS(=O)(=O)c1ccccc1. The molecule has 0 radical (unpaired) electrons. The van der Waals surface area contributed by atoms with Gasteiger partial charge in [0, 0.05) is 0 Å². The topological polar surface area (TPSA) is 92.7 Å². The first-order valence-corrected chi connectivity index (χ1v) is 10.3. The number of ether oxygens (including phenoxy) is 1. The molecule has 0 saturated heterocycles. The normalized spacial score (nSPS) is 11.7. The van der Waals surface area contributed by atoms with Crippen LogP contribution in [0.4, 0.5) is 18.9 Å². The molecule has 3 rings (SSSR count). The zero-order chi connectivity index (χ0) is 22.6. The Morgan fingerprint density at radius 3 is 2.16 bits per heavy atom. The van der Waals surface area contributed by atoms with Crippen LogP contribution in [-0.4, -0.2) is 19.5 Å². The van der Waals surface area contributed by atoms with E-state index in [0.717, 1.165) is 12.1 Å². The summed E-state index contributed by atoms with van der Waals surface area (Å²) in [5.41, 5.74) is -1.07. The van der Waals surface area contributed by atoms with Crippen molar-refractivity contribution in [1.29, 1.82) is 0 Å². The average Bonchev–Trinajstić information content (AvgIpc) is 2.73. The number of carbonyl (C=O) groups is 1. The number of carboxylic acids is 1. The van der Waals surface area contributed by atoms with E-state index in [1.807, 2.05) is 0 Å². The quantitative estimate of drug-likeness (QED) is 0.539. The van der Waals surface area contributed by atoms with Gasteiger partial charge in [0.25, 0.3) is 10.0 Å². The summed E-state index contributed by atoms with van der Waals surface area (Å²) in [6.45, 7) is -0.207. The van der Waals surface area contributed by atoms with Crippen molar-refractivity contribution < 1.29 is 36.2 Å². The first-order chi connectivity index (χ1) is 14.6. The fourth-order valence-corrected chi connectivity index (χ4v) is 3.79. The summed E-state index contributed by atoms with van der Waals surface area (Å²) in [5, 5.41) is 9.45. The summed E-state index contributed by atoms with van der Waals surface area (Å²) in [6, 6.07) is 15.5. The van der Waals surface area contributed by atoms with Crippen LogP contribution in [0.2, 0.25) is 0 Å². The number of nitrogens with one attached hydrogen (secondary N) is 1. The summed E-state index contributed by atoms with van der Waals surface area (Å²) in [5.74, 6) is -1.47. The van der Waals surface area contributed by atoms with Gasteiger partial charge >= 0.3 is 12.1 Å². The standard InChI is InChI=1S/C21H16F3NO5S/c22-21(23,24)15-11-9-14(10-12-15)13-30-18-8-4-7-17(20(26)27)19(18)25-31(28,29)16-5-2-1-3-6-16/h1-12,25H,13H2,(H,26,27). The van der Waals surface area contributed by atoms with E-state index >= 15 is 0 Å². The first kappa shape index (κ1) is 22.2. The number of benzene rings is 3. The summed E-state index contributed by atoms with van der Waals surface area (Å²) < 4.78 is 71.2. The van der Waals surface area contributed by atoms with Gasteiger partial charge in [0.15, 0.2) is 0 Å². The number of halogens is 3. The molecule has 0 amide bonds. The highest BCUT2D eigenvalue weighted by Crippen LogP contribution is 2.32. The Hall–Kier alpha value is -3.53. The number of aromatic carboxylic acids is 1. The third-order valence-corrected chi connectivity index (χ3v) is 5.59. The Kier molecular flexibility index (Phi) is 6.21. The van der Waals surface area contributed by atoms with Crippen molar-refractivity contribution in [3.05, 3.63) is 89.5 Å². The monoisotopic (exact) mass is 451 g/mol. The molecule has 162 valence electrons. The fourth-order valence-electron chi connectivity index (χ4n) is 2.68. The van der Waals surface area contributed by atoms with Gasteiger partial charge in [-0.25, -0.2) is 13.2 Å². The molecule has 0 bridgehead atoms. The minimum atomic E-state index is -4.47. The second-order valence-corrected chi connectivity index (χ2v) is 8.07. The van der Waals surface area contributed by atoms with E-state index in [1.54, 1.807) is 6.07 Å². The minimum absolute atomic E-state index is 0.0797. The second-order valence-electron chi connectivity index (χ2n) is 6.39. The van der Waals surface area contributed by atoms with Crippen molar-refractivity contribution in [3.8, 4) is 5.75 Å². The third kappa shape index (κ3) is 5.34. The minimum Gasteiger partial charge on any atom is -0.487 e. The largest absolute Gasteiger partial charge is 0.487 e. The molecule has 2 N–H and O–H groups in total. The number of carboxylic acid groups (broad SMARTS) is 1. The molecular formula is C21H16F3NO5S. The molecular weight excluding hydrogens is 435 g/mol. The maximum atomic E-state index is 12.7. The van der Waals surface area contributed by atoms with Gasteiger partial charge < -0.3 is 9.84 Å². The van der Waals surface area contributed by atoms with Crippen LogP contribution < -0.4 is 9.46 Å². The van der Waals surface area contributed by atoms with Crippen LogP contribution in [0.1, 0.15) is 21.5 Å². The van der Waals surface area contributed by atoms with Crippen LogP contribution in [0.5, 0.6) is 5.75 Å². The van der Waals surface area contributed by atoms with Crippen molar-refractivity contribution >= 4 is 21.7 Å². The lowest BCUT2D eigenvalue weighted by Gasteiger charge is -2.16. The van der Waals surface area contributed by atoms with Crippen LogP contribution in [0.15, 0.2) is 77.7 Å². The van der Waals surface area contributed by atoms with Crippen LogP contribution in [0, 0.1) is 0 Å². The summed E-state index contributed by atoms with van der Waals surface area (Å²) >= 11 is 0. The predicted octanol–water partition coefficient (Wildman–Crippen LogP) is 4.78. The summed E-state index contributed by atoms with van der Waals surface area (Å²) in [7, 11) is -4.12. The number of hydrogen-bond donors (Lipinski definition) is 2. The Bertz CT molecular complexity index is 1180. The molecule has 0 atom stereocenters. The van der Waals surface area contributed by atoms with Crippen LogP contribution in [0.3, 0.4) is 0 Å². The van der Waals surface area contributed by atoms with E-state index in [2.05, 4.69) is 4.72 Å². The van der Waals surface area contributed by atoms with Gasteiger partial charge in [-0.2, -0.15) is 13.2 Å². The first-order valence-electron chi connectivity index (χ1n) is 8.81. The maximum Gasteiger partial charge on any atom is 0.416 e. The fraction of sp³-hybridized carbons (Fsp3) is 0.0952. The Morgan fingerprint density at radius 2 is 1.58 bits per heavy atom. The Morgan fingerprint density at radius 1 is 0.935 bits per heavy atom. The lowest BCUT2D eigenvalue weighted by molar-refractivity contribution is -0.137. The lowest BCUT2D eigenvalue weighted by Crippen LogP contribution is -2.16. The van der Waals surface area contributed by atoms with E-state index in [1.165, 1.54) is 54.6 Å². The van der Waals surface area contributed by atoms with Gasteiger partial charge in [0.2, 0.25) is 0 Å². The number of anilines is 1. The number of alkyl halides is 3. The molecule has 0 saturated carbocycles. The van der Waals surface area contributed by atoms with E-state index in [4.69, 9.17) is 4.74 Å². The zero-order valence-electron chi connectivity index (χ0n) is 15.8. The van der Waals surface area contributed by atoms with Gasteiger partial charge in [-0.15, -0.1) is 0 Å². The highest BCUT2D eigenvalue weighted by atomic mass is 32.2. The Balaban J connectivity index is 1.89. The molecule has 3 aromatic rings. The number of hydrogen-bond acceptors (Lipinski definition) is 4. The molecule has 0 unspecified atom stereocenters. The molecule has 0 spiro atoms. The molecule has 3 aromatic carbocycles. The molecule has 0 fully saturated rings. The number of rotatable bonds is 7. The van der Waals surface area contributed by atoms with Crippen LogP contribution >= 0.6 is 0 Å². The summed E-state index contributed by atoms with van der Waals surface area (Å²) in [6.07, 6.45) is -4.47. The van der Waals surface area contributed by atoms with E-state index in [-0.39, 0.29) is 28.5 Å². The van der Waals surface area contributed by atoms with Crippen molar-refractivity contribution in [2.24, 2.45) is 0 Å². The lowest BCUT2D eigenvalue weighted by atomic mass is 10.1. The molecule has 6 nitrogen and oxygen atoms in total. The zero-order valence-corrected chi connectivity index (χ0v) is 16.6. The number of sulfonamides is 1. The highest BCUT2D eigenvalue weighted by molar-refractivity contribution is 7.92. The molecule has 0 aliphatic heterocycles. The third-order valence-electron chi connectivity index (χ3n) is 4.22. The van der Waals surface area contributed by atoms with Crippen molar-refractivity contribution in [3.63, 3.8) is 0 Å². The Labute approximate surface area is 176 Å². The van der Waals surface area contributed by atoms with Crippen molar-refractivity contribution in [2.45, 2.75) is 17.7 Å². The molecule has 0 aliphatic rings. The van der Waals surface area contributed by atoms with Gasteiger partial charge in [-0.1, -0.05) is 36.4 Å². The van der Waals surface area contributed by atoms with Crippen LogP contribution in [0.25, 0.3) is 0 Å². The molecule has 31 heavy (non-hydrogen) atoms. The number of para-hydroxylation sites is 1. The molecule has 0 heterocycles. The van der Waals surface area contributed by atoms with Crippen molar-refractivity contribution in [1.82, 2.24) is 0 Å². The summed E-state index contributed by atoms with van der Waals surface area (Å²) in [4.78, 5) is 11.5. The van der Waals surface area contributed by atoms with Crippen molar-refractivity contribution in [2.75, 3.05) is 4.72 Å². The molecule has 10 heteroatoms. The van der Waals surface area contributed by atoms with Crippen LogP contribution in [-0.2, 0) is 22.8 Å². The average molecular weight is 451 g/mol. The smallest absolute Gasteiger partial charge is 0.416 e.